The second kappa shape index (κ2) is 5.24. The zero-order valence-electron chi connectivity index (χ0n) is 9.21. The van der Waals surface area contributed by atoms with Crippen LogP contribution < -0.4 is 0 Å². The van der Waals surface area contributed by atoms with Crippen molar-refractivity contribution in [3.8, 4) is 0 Å². The molecule has 1 heterocycles. The van der Waals surface area contributed by atoms with Crippen LogP contribution in [0.4, 0.5) is 13.2 Å². The third-order valence-corrected chi connectivity index (χ3v) is 4.39. The van der Waals surface area contributed by atoms with Crippen LogP contribution >= 0.6 is 23.4 Å². The van der Waals surface area contributed by atoms with Gasteiger partial charge in [0.1, 0.15) is 4.93 Å². The van der Waals surface area contributed by atoms with Gasteiger partial charge in [-0.1, -0.05) is 0 Å². The second-order valence-corrected chi connectivity index (χ2v) is 5.55. The minimum absolute atomic E-state index is 0.240. The summed E-state index contributed by atoms with van der Waals surface area (Å²) in [5, 5.41) is 0. The maximum Gasteiger partial charge on any atom is 0.575 e. The number of rotatable bonds is 3. The highest BCUT2D eigenvalue weighted by Gasteiger charge is 2.47. The van der Waals surface area contributed by atoms with Gasteiger partial charge >= 0.3 is 12.3 Å². The number of hydrogen-bond acceptors (Lipinski definition) is 4. The average molecular weight is 293 g/mol. The Hall–Kier alpha value is -0.140. The average Bonchev–Trinajstić information content (AvgIpc) is 2.58. The Labute approximate surface area is 106 Å². The normalized spacial score (nSPS) is 31.3. The lowest BCUT2D eigenvalue weighted by Crippen LogP contribution is -2.39. The molecule has 1 fully saturated rings. The number of hydrogen-bond donors (Lipinski definition) is 0. The van der Waals surface area contributed by atoms with Crippen LogP contribution in [-0.2, 0) is 14.3 Å². The van der Waals surface area contributed by atoms with E-state index in [1.165, 1.54) is 18.7 Å². The van der Waals surface area contributed by atoms with Gasteiger partial charge < -0.3 is 9.47 Å². The summed E-state index contributed by atoms with van der Waals surface area (Å²) in [7, 11) is 0. The molecule has 0 aromatic rings. The van der Waals surface area contributed by atoms with Crippen LogP contribution in [0.3, 0.4) is 0 Å². The van der Waals surface area contributed by atoms with Gasteiger partial charge in [0, 0.05) is 11.6 Å². The SMILES string of the molecule is CC(C(=O)OC(F)(F)F)C1(C)OC(CCl)CS1. The molecule has 8 heteroatoms. The van der Waals surface area contributed by atoms with Crippen molar-refractivity contribution >= 4 is 29.3 Å². The number of halogens is 4. The Kier molecular flexibility index (Phi) is 4.60. The molecule has 0 spiro atoms. The summed E-state index contributed by atoms with van der Waals surface area (Å²) in [5.74, 6) is -1.59. The predicted octanol–water partition coefficient (Wildman–Crippen LogP) is 2.77. The Balaban J connectivity index is 2.63. The highest BCUT2D eigenvalue weighted by molar-refractivity contribution is 8.00. The number of ether oxygens (including phenoxy) is 2. The van der Waals surface area contributed by atoms with Crippen molar-refractivity contribution in [3.63, 3.8) is 0 Å². The zero-order chi connectivity index (χ0) is 13.3. The Morgan fingerprint density at radius 3 is 2.71 bits per heavy atom. The monoisotopic (exact) mass is 292 g/mol. The van der Waals surface area contributed by atoms with Crippen LogP contribution in [-0.4, -0.2) is 35.0 Å². The first-order valence-electron chi connectivity index (χ1n) is 4.85. The molecule has 1 aliphatic heterocycles. The van der Waals surface area contributed by atoms with E-state index in [4.69, 9.17) is 16.3 Å². The minimum Gasteiger partial charge on any atom is -0.373 e. The fourth-order valence-corrected chi connectivity index (χ4v) is 2.93. The number of carbonyl (C=O) groups excluding carboxylic acids is 1. The lowest BCUT2D eigenvalue weighted by atomic mass is 10.1. The van der Waals surface area contributed by atoms with E-state index < -0.39 is 23.2 Å². The summed E-state index contributed by atoms with van der Waals surface area (Å²) in [6, 6.07) is 0. The summed E-state index contributed by atoms with van der Waals surface area (Å²) >= 11 is 6.86. The predicted molar refractivity (Wildman–Crippen MR) is 57.8 cm³/mol. The molecular weight excluding hydrogens is 281 g/mol. The van der Waals surface area contributed by atoms with E-state index in [1.807, 2.05) is 0 Å². The molecule has 1 aliphatic rings. The lowest BCUT2D eigenvalue weighted by molar-refractivity contribution is -0.309. The Bertz CT molecular complexity index is 300. The van der Waals surface area contributed by atoms with Crippen LogP contribution in [0.15, 0.2) is 0 Å². The molecule has 0 N–H and O–H groups in total. The molecule has 100 valence electrons. The van der Waals surface area contributed by atoms with Crippen molar-refractivity contribution < 1.29 is 27.4 Å². The van der Waals surface area contributed by atoms with Gasteiger partial charge in [-0.15, -0.1) is 36.5 Å². The maximum atomic E-state index is 11.9. The number of alkyl halides is 4. The largest absolute Gasteiger partial charge is 0.575 e. The Morgan fingerprint density at radius 1 is 1.71 bits per heavy atom. The second-order valence-electron chi connectivity index (χ2n) is 3.81. The van der Waals surface area contributed by atoms with Gasteiger partial charge in [-0.05, 0) is 13.8 Å². The van der Waals surface area contributed by atoms with Crippen LogP contribution in [0, 0.1) is 5.92 Å². The van der Waals surface area contributed by atoms with Gasteiger partial charge in [-0.3, -0.25) is 4.79 Å². The third kappa shape index (κ3) is 3.93. The summed E-state index contributed by atoms with van der Waals surface area (Å²) in [4.78, 5) is 10.3. The Morgan fingerprint density at radius 2 is 2.29 bits per heavy atom. The summed E-state index contributed by atoms with van der Waals surface area (Å²) < 4.78 is 44.6. The smallest absolute Gasteiger partial charge is 0.373 e. The van der Waals surface area contributed by atoms with Crippen molar-refractivity contribution in [2.24, 2.45) is 5.92 Å². The van der Waals surface area contributed by atoms with Crippen molar-refractivity contribution in [2.45, 2.75) is 31.2 Å². The molecule has 1 saturated heterocycles. The molecule has 3 atom stereocenters. The van der Waals surface area contributed by atoms with Crippen molar-refractivity contribution in [2.75, 3.05) is 11.6 Å². The van der Waals surface area contributed by atoms with E-state index >= 15 is 0 Å². The molecule has 3 nitrogen and oxygen atoms in total. The fourth-order valence-electron chi connectivity index (χ4n) is 1.38. The van der Waals surface area contributed by atoms with Crippen molar-refractivity contribution in [1.29, 1.82) is 0 Å². The number of carbonyl (C=O) groups is 1. The fraction of sp³-hybridized carbons (Fsp3) is 0.889. The maximum absolute atomic E-state index is 11.9. The van der Waals surface area contributed by atoms with Crippen molar-refractivity contribution in [1.82, 2.24) is 0 Å². The van der Waals surface area contributed by atoms with Gasteiger partial charge in [0.05, 0.1) is 12.0 Å². The third-order valence-electron chi connectivity index (χ3n) is 2.49. The van der Waals surface area contributed by atoms with Crippen LogP contribution in [0.25, 0.3) is 0 Å². The summed E-state index contributed by atoms with van der Waals surface area (Å²) in [6.07, 6.45) is -5.22. The minimum atomic E-state index is -4.96. The van der Waals surface area contributed by atoms with E-state index in [9.17, 15) is 18.0 Å². The number of thioether (sulfide) groups is 1. The lowest BCUT2D eigenvalue weighted by Gasteiger charge is -2.28. The first-order valence-corrected chi connectivity index (χ1v) is 6.37. The molecule has 17 heavy (non-hydrogen) atoms. The van der Waals surface area contributed by atoms with Gasteiger partial charge in [0.25, 0.3) is 0 Å². The van der Waals surface area contributed by atoms with Crippen molar-refractivity contribution in [3.05, 3.63) is 0 Å². The molecular formula is C9H12ClF3O3S. The molecule has 0 aromatic carbocycles. The molecule has 0 radical (unpaired) electrons. The van der Waals surface area contributed by atoms with Gasteiger partial charge in [0.2, 0.25) is 0 Å². The first kappa shape index (κ1) is 14.9. The molecule has 0 bridgehead atoms. The van der Waals surface area contributed by atoms with Crippen LogP contribution in [0.5, 0.6) is 0 Å². The highest BCUT2D eigenvalue weighted by atomic mass is 35.5. The van der Waals surface area contributed by atoms with E-state index in [1.54, 1.807) is 6.92 Å². The quantitative estimate of drug-likeness (QED) is 0.592. The van der Waals surface area contributed by atoms with Crippen LogP contribution in [0.1, 0.15) is 13.8 Å². The molecule has 1 rings (SSSR count). The van der Waals surface area contributed by atoms with E-state index in [-0.39, 0.29) is 12.0 Å². The zero-order valence-corrected chi connectivity index (χ0v) is 10.8. The van der Waals surface area contributed by atoms with E-state index in [2.05, 4.69) is 4.74 Å². The van der Waals surface area contributed by atoms with Crippen LogP contribution in [0.2, 0.25) is 0 Å². The first-order chi connectivity index (χ1) is 7.68. The number of esters is 1. The standard InChI is InChI=1S/C9H12ClF3O3S/c1-5(7(14)16-9(11,12)13)8(2)15-6(3-10)4-17-8/h5-6H,3-4H2,1-2H3. The van der Waals surface area contributed by atoms with E-state index in [0.717, 1.165) is 0 Å². The summed E-state index contributed by atoms with van der Waals surface area (Å²) in [5.41, 5.74) is 0. The molecule has 3 unspecified atom stereocenters. The van der Waals surface area contributed by atoms with E-state index in [0.29, 0.717) is 5.75 Å². The molecule has 0 aromatic heterocycles. The van der Waals surface area contributed by atoms with Gasteiger partial charge in [0.15, 0.2) is 0 Å². The summed E-state index contributed by atoms with van der Waals surface area (Å²) in [6.45, 7) is 2.91. The van der Waals surface area contributed by atoms with Gasteiger partial charge in [-0.25, -0.2) is 0 Å². The molecule has 0 saturated carbocycles. The highest BCUT2D eigenvalue weighted by Crippen LogP contribution is 2.43. The van der Waals surface area contributed by atoms with Gasteiger partial charge in [-0.2, -0.15) is 0 Å². The topological polar surface area (TPSA) is 35.5 Å². The molecule has 0 amide bonds. The molecule has 0 aliphatic carbocycles.